The van der Waals surface area contributed by atoms with Crippen LogP contribution in [0.5, 0.6) is 0 Å². The molecule has 0 bridgehead atoms. The van der Waals surface area contributed by atoms with E-state index in [1.54, 1.807) is 0 Å². The molecule has 0 aromatic heterocycles. The van der Waals surface area contributed by atoms with Gasteiger partial charge in [0.05, 0.1) is 25.4 Å². The molecule has 3 nitrogen and oxygen atoms in total. The van der Waals surface area contributed by atoms with Gasteiger partial charge in [-0.05, 0) is 97.3 Å². The van der Waals surface area contributed by atoms with E-state index in [1.807, 2.05) is 7.11 Å². The van der Waals surface area contributed by atoms with Crippen LogP contribution in [-0.4, -0.2) is 31.0 Å². The zero-order valence-electron chi connectivity index (χ0n) is 19.8. The van der Waals surface area contributed by atoms with E-state index in [0.717, 1.165) is 43.8 Å². The quantitative estimate of drug-likeness (QED) is 0.642. The number of benzene rings is 1. The van der Waals surface area contributed by atoms with Crippen molar-refractivity contribution in [3.8, 4) is 0 Å². The number of hydrogen-bond acceptors (Lipinski definition) is 3. The van der Waals surface area contributed by atoms with Gasteiger partial charge in [-0.3, -0.25) is 0 Å². The van der Waals surface area contributed by atoms with E-state index in [4.69, 9.17) is 9.47 Å². The van der Waals surface area contributed by atoms with Gasteiger partial charge in [-0.2, -0.15) is 0 Å². The monoisotopic (exact) mass is 426 g/mol. The summed E-state index contributed by atoms with van der Waals surface area (Å²) in [6.45, 7) is 6.76. The van der Waals surface area contributed by atoms with Gasteiger partial charge >= 0.3 is 0 Å². The Hall–Kier alpha value is -0.900. The van der Waals surface area contributed by atoms with Gasteiger partial charge in [0.25, 0.3) is 0 Å². The molecule has 1 aromatic rings. The Balaban J connectivity index is 1.30. The third-order valence-corrected chi connectivity index (χ3v) is 10.6. The van der Waals surface area contributed by atoms with Crippen molar-refractivity contribution in [3.05, 3.63) is 35.9 Å². The maximum Gasteiger partial charge on any atom is 0.0717 e. The second-order valence-electron chi connectivity index (χ2n) is 11.7. The van der Waals surface area contributed by atoms with Crippen molar-refractivity contribution in [1.82, 2.24) is 0 Å². The van der Waals surface area contributed by atoms with Crippen LogP contribution in [0.15, 0.2) is 30.3 Å². The maximum atomic E-state index is 10.4. The Morgan fingerprint density at radius 1 is 0.903 bits per heavy atom. The number of hydrogen-bond donors (Lipinski definition) is 1. The van der Waals surface area contributed by atoms with Gasteiger partial charge in [0.2, 0.25) is 0 Å². The SMILES string of the molecule is COC1C[C@@H]2[C@@H](CC[C@]3(C)C(COCc4ccccc4)CC[C@@H]23)[C@@]2(C)CCC(O)CC12. The summed E-state index contributed by atoms with van der Waals surface area (Å²) < 4.78 is 12.4. The first-order valence-corrected chi connectivity index (χ1v) is 12.8. The predicted octanol–water partition coefficient (Wildman–Crippen LogP) is 5.85. The minimum atomic E-state index is -0.126. The lowest BCUT2D eigenvalue weighted by Gasteiger charge is -2.62. The summed E-state index contributed by atoms with van der Waals surface area (Å²) in [5, 5.41) is 10.4. The highest BCUT2D eigenvalue weighted by atomic mass is 16.5. The van der Waals surface area contributed by atoms with Crippen molar-refractivity contribution in [2.45, 2.75) is 84.0 Å². The lowest BCUT2D eigenvalue weighted by Crippen LogP contribution is -2.58. The molecule has 5 rings (SSSR count). The molecule has 0 radical (unpaired) electrons. The van der Waals surface area contributed by atoms with Gasteiger partial charge < -0.3 is 14.6 Å². The molecule has 0 aliphatic heterocycles. The van der Waals surface area contributed by atoms with E-state index < -0.39 is 0 Å². The summed E-state index contributed by atoms with van der Waals surface area (Å²) in [6.07, 6.45) is 9.86. The molecule has 3 heteroatoms. The fraction of sp³-hybridized carbons (Fsp3) is 0.786. The highest BCUT2D eigenvalue weighted by Crippen LogP contribution is 2.67. The van der Waals surface area contributed by atoms with E-state index in [1.165, 1.54) is 44.1 Å². The highest BCUT2D eigenvalue weighted by molar-refractivity contribution is 5.14. The molecule has 4 saturated carbocycles. The van der Waals surface area contributed by atoms with Crippen LogP contribution in [-0.2, 0) is 16.1 Å². The molecular formula is C28H42O3. The van der Waals surface area contributed by atoms with Gasteiger partial charge in [-0.1, -0.05) is 44.2 Å². The second kappa shape index (κ2) is 8.47. The number of methoxy groups -OCH3 is 1. The predicted molar refractivity (Wildman–Crippen MR) is 124 cm³/mol. The molecule has 1 N–H and O–H groups in total. The molecule has 4 aliphatic carbocycles. The van der Waals surface area contributed by atoms with Gasteiger partial charge in [0, 0.05) is 7.11 Å². The van der Waals surface area contributed by atoms with Crippen LogP contribution >= 0.6 is 0 Å². The largest absolute Gasteiger partial charge is 0.393 e. The van der Waals surface area contributed by atoms with E-state index >= 15 is 0 Å². The van der Waals surface area contributed by atoms with Crippen LogP contribution in [0.1, 0.15) is 70.8 Å². The van der Waals surface area contributed by atoms with Crippen LogP contribution in [0.25, 0.3) is 0 Å². The van der Waals surface area contributed by atoms with Crippen molar-refractivity contribution in [2.24, 2.45) is 40.4 Å². The Labute approximate surface area is 188 Å². The Morgan fingerprint density at radius 2 is 1.65 bits per heavy atom. The molecule has 4 unspecified atom stereocenters. The van der Waals surface area contributed by atoms with Crippen molar-refractivity contribution in [3.63, 3.8) is 0 Å². The number of fused-ring (bicyclic) bond motifs is 5. The molecular weight excluding hydrogens is 384 g/mol. The topological polar surface area (TPSA) is 38.7 Å². The fourth-order valence-electron chi connectivity index (χ4n) is 8.78. The average molecular weight is 427 g/mol. The maximum absolute atomic E-state index is 10.4. The summed E-state index contributed by atoms with van der Waals surface area (Å²) in [7, 11) is 1.91. The first-order chi connectivity index (χ1) is 15.0. The zero-order chi connectivity index (χ0) is 21.6. The Kier molecular flexibility index (Phi) is 5.99. The molecule has 4 aliphatic rings. The number of ether oxygens (including phenoxy) is 2. The number of aliphatic hydroxyl groups is 1. The summed E-state index contributed by atoms with van der Waals surface area (Å²) in [5.74, 6) is 3.59. The van der Waals surface area contributed by atoms with E-state index in [9.17, 15) is 5.11 Å². The lowest BCUT2D eigenvalue weighted by atomic mass is 9.44. The minimum Gasteiger partial charge on any atom is -0.393 e. The molecule has 0 heterocycles. The molecule has 1 aromatic carbocycles. The van der Waals surface area contributed by atoms with Crippen LogP contribution in [0, 0.1) is 40.4 Å². The van der Waals surface area contributed by atoms with Crippen LogP contribution in [0.2, 0.25) is 0 Å². The van der Waals surface area contributed by atoms with Gasteiger partial charge in [-0.25, -0.2) is 0 Å². The smallest absolute Gasteiger partial charge is 0.0717 e. The Bertz CT molecular complexity index is 750. The second-order valence-corrected chi connectivity index (χ2v) is 11.7. The summed E-state index contributed by atoms with van der Waals surface area (Å²) in [4.78, 5) is 0. The molecule has 0 amide bonds. The van der Waals surface area contributed by atoms with Crippen molar-refractivity contribution < 1.29 is 14.6 Å². The van der Waals surface area contributed by atoms with Crippen LogP contribution in [0.4, 0.5) is 0 Å². The lowest BCUT2D eigenvalue weighted by molar-refractivity contribution is -0.179. The first-order valence-electron chi connectivity index (χ1n) is 12.8. The molecule has 0 saturated heterocycles. The summed E-state index contributed by atoms with van der Waals surface area (Å²) in [5.41, 5.74) is 2.03. The first kappa shape index (κ1) is 21.9. The van der Waals surface area contributed by atoms with Gasteiger partial charge in [-0.15, -0.1) is 0 Å². The van der Waals surface area contributed by atoms with Gasteiger partial charge in [0.15, 0.2) is 0 Å². The molecule has 0 spiro atoms. The third kappa shape index (κ3) is 3.69. The van der Waals surface area contributed by atoms with Crippen molar-refractivity contribution >= 4 is 0 Å². The minimum absolute atomic E-state index is 0.126. The molecule has 9 atom stereocenters. The summed E-state index contributed by atoms with van der Waals surface area (Å²) >= 11 is 0. The van der Waals surface area contributed by atoms with Crippen molar-refractivity contribution in [1.29, 1.82) is 0 Å². The molecule has 31 heavy (non-hydrogen) atoms. The van der Waals surface area contributed by atoms with Crippen LogP contribution < -0.4 is 0 Å². The average Bonchev–Trinajstić information content (AvgIpc) is 3.11. The highest BCUT2D eigenvalue weighted by Gasteiger charge is 2.62. The van der Waals surface area contributed by atoms with Crippen LogP contribution in [0.3, 0.4) is 0 Å². The fourth-order valence-corrected chi connectivity index (χ4v) is 8.78. The van der Waals surface area contributed by atoms with Crippen molar-refractivity contribution in [2.75, 3.05) is 13.7 Å². The normalized spacial score (nSPS) is 46.8. The number of rotatable bonds is 5. The standard InChI is InChI=1S/C28H42O3/c1-27-14-12-24-22(16-26(30-3)25-15-21(29)11-13-28(24,25)2)23(27)10-9-20(27)18-31-17-19-7-5-4-6-8-19/h4-8,20-26,29H,9-18H2,1-3H3/t20?,21?,22-,23-,24+,25?,26?,27+,28+/m0/s1. The number of aliphatic hydroxyl groups excluding tert-OH is 1. The van der Waals surface area contributed by atoms with E-state index in [2.05, 4.69) is 44.2 Å². The third-order valence-electron chi connectivity index (χ3n) is 10.6. The van der Waals surface area contributed by atoms with E-state index in [0.29, 0.717) is 28.8 Å². The molecule has 4 fully saturated rings. The Morgan fingerprint density at radius 3 is 2.42 bits per heavy atom. The summed E-state index contributed by atoms with van der Waals surface area (Å²) in [6, 6.07) is 10.6. The molecule has 172 valence electrons. The van der Waals surface area contributed by atoms with Gasteiger partial charge in [0.1, 0.15) is 0 Å². The van der Waals surface area contributed by atoms with E-state index in [-0.39, 0.29) is 6.10 Å². The zero-order valence-corrected chi connectivity index (χ0v) is 19.8.